The normalized spacial score (nSPS) is 29.6. The maximum atomic E-state index is 8.99. The monoisotopic (exact) mass is 240 g/mol. The van der Waals surface area contributed by atoms with Crippen molar-refractivity contribution in [3.8, 4) is 0 Å². The predicted molar refractivity (Wildman–Crippen MR) is 70.8 cm³/mol. The lowest BCUT2D eigenvalue weighted by atomic mass is 9.74. The molecule has 1 atom stereocenters. The van der Waals surface area contributed by atoms with Gasteiger partial charge in [-0.15, -0.1) is 0 Å². The quantitative estimate of drug-likeness (QED) is 0.767. The zero-order valence-electron chi connectivity index (χ0n) is 11.0. The van der Waals surface area contributed by atoms with Crippen LogP contribution in [0.25, 0.3) is 0 Å². The van der Waals surface area contributed by atoms with E-state index in [-0.39, 0.29) is 0 Å². The summed E-state index contributed by atoms with van der Waals surface area (Å²) in [5, 5.41) is 8.99. The fourth-order valence-corrected chi connectivity index (χ4v) is 3.68. The van der Waals surface area contributed by atoms with Crippen LogP contribution in [0.15, 0.2) is 0 Å². The Balaban J connectivity index is 1.83. The van der Waals surface area contributed by atoms with Crippen LogP contribution in [0.1, 0.15) is 44.9 Å². The summed E-state index contributed by atoms with van der Waals surface area (Å²) in [6, 6.07) is 0. The molecule has 2 aliphatic rings. The van der Waals surface area contributed by atoms with Gasteiger partial charge < -0.3 is 15.7 Å². The van der Waals surface area contributed by atoms with Crippen molar-refractivity contribution < 1.29 is 5.11 Å². The van der Waals surface area contributed by atoms with Gasteiger partial charge in [-0.25, -0.2) is 0 Å². The van der Waals surface area contributed by atoms with Crippen molar-refractivity contribution in [2.45, 2.75) is 44.9 Å². The van der Waals surface area contributed by atoms with Crippen molar-refractivity contribution in [3.05, 3.63) is 0 Å². The number of nitrogens with zero attached hydrogens (tertiary/aromatic N) is 1. The first-order chi connectivity index (χ1) is 8.28. The highest BCUT2D eigenvalue weighted by Crippen LogP contribution is 2.37. The Morgan fingerprint density at radius 2 is 2.00 bits per heavy atom. The van der Waals surface area contributed by atoms with Crippen molar-refractivity contribution in [1.82, 2.24) is 4.90 Å². The molecule has 3 N–H and O–H groups in total. The number of hydrogen-bond donors (Lipinski definition) is 2. The molecule has 1 unspecified atom stereocenters. The van der Waals surface area contributed by atoms with Crippen LogP contribution in [0, 0.1) is 11.3 Å². The van der Waals surface area contributed by atoms with Crippen molar-refractivity contribution in [2.75, 3.05) is 32.8 Å². The third kappa shape index (κ3) is 3.43. The molecule has 3 nitrogen and oxygen atoms in total. The van der Waals surface area contributed by atoms with E-state index in [0.717, 1.165) is 18.9 Å². The average Bonchev–Trinajstić information content (AvgIpc) is 2.78. The first kappa shape index (κ1) is 13.3. The fourth-order valence-electron chi connectivity index (χ4n) is 3.68. The summed E-state index contributed by atoms with van der Waals surface area (Å²) in [5.74, 6) is 0.721. The van der Waals surface area contributed by atoms with E-state index in [1.165, 1.54) is 58.2 Å². The molecule has 0 aromatic carbocycles. The fraction of sp³-hybridized carbons (Fsp3) is 1.00. The van der Waals surface area contributed by atoms with Crippen LogP contribution in [-0.4, -0.2) is 42.8 Å². The summed E-state index contributed by atoms with van der Waals surface area (Å²) in [6.07, 6.45) is 9.02. The molecule has 2 rings (SSSR count). The molecule has 17 heavy (non-hydrogen) atoms. The Hall–Kier alpha value is -0.120. The average molecular weight is 240 g/mol. The number of likely N-dealkylation sites (tertiary alicyclic amines) is 1. The summed E-state index contributed by atoms with van der Waals surface area (Å²) in [5.41, 5.74) is 6.45. The van der Waals surface area contributed by atoms with E-state index in [0.29, 0.717) is 12.0 Å². The van der Waals surface area contributed by atoms with Crippen molar-refractivity contribution >= 4 is 0 Å². The molecular weight excluding hydrogens is 212 g/mol. The van der Waals surface area contributed by atoms with Crippen LogP contribution >= 0.6 is 0 Å². The van der Waals surface area contributed by atoms with Crippen LogP contribution in [0.4, 0.5) is 0 Å². The molecule has 0 bridgehead atoms. The maximum absolute atomic E-state index is 8.99. The maximum Gasteiger partial charge on any atom is 0.0434 e. The van der Waals surface area contributed by atoms with Crippen molar-refractivity contribution in [2.24, 2.45) is 17.1 Å². The highest BCUT2D eigenvalue weighted by Gasteiger charge is 2.34. The largest absolute Gasteiger partial charge is 0.396 e. The van der Waals surface area contributed by atoms with E-state index >= 15 is 0 Å². The summed E-state index contributed by atoms with van der Waals surface area (Å²) >= 11 is 0. The third-order valence-electron chi connectivity index (χ3n) is 4.81. The number of aliphatic hydroxyl groups is 1. The van der Waals surface area contributed by atoms with Gasteiger partial charge in [0.2, 0.25) is 0 Å². The zero-order valence-corrected chi connectivity index (χ0v) is 11.0. The zero-order chi connectivity index (χ0) is 12.1. The van der Waals surface area contributed by atoms with E-state index < -0.39 is 0 Å². The molecule has 0 radical (unpaired) electrons. The predicted octanol–water partition coefficient (Wildman–Crippen LogP) is 1.60. The number of nitrogens with two attached hydrogens (primary N) is 1. The minimum atomic E-state index is 0.348. The smallest absolute Gasteiger partial charge is 0.0434 e. The van der Waals surface area contributed by atoms with E-state index in [1.807, 2.05) is 0 Å². The molecule has 0 aromatic rings. The van der Waals surface area contributed by atoms with Gasteiger partial charge in [-0.2, -0.15) is 0 Å². The minimum Gasteiger partial charge on any atom is -0.396 e. The Morgan fingerprint density at radius 1 is 1.24 bits per heavy atom. The van der Waals surface area contributed by atoms with Gasteiger partial charge in [0.05, 0.1) is 0 Å². The molecule has 1 heterocycles. The SMILES string of the molecule is NCC1(CN2CCC(CCO)C2)CCCCC1. The highest BCUT2D eigenvalue weighted by atomic mass is 16.3. The topological polar surface area (TPSA) is 49.5 Å². The summed E-state index contributed by atoms with van der Waals surface area (Å²) < 4.78 is 0. The van der Waals surface area contributed by atoms with Gasteiger partial charge >= 0.3 is 0 Å². The Morgan fingerprint density at radius 3 is 2.65 bits per heavy atom. The number of aliphatic hydroxyl groups excluding tert-OH is 1. The molecule has 1 aliphatic carbocycles. The van der Waals surface area contributed by atoms with Crippen LogP contribution in [0.2, 0.25) is 0 Å². The van der Waals surface area contributed by atoms with Crippen molar-refractivity contribution in [3.63, 3.8) is 0 Å². The van der Waals surface area contributed by atoms with Gasteiger partial charge in [0, 0.05) is 19.7 Å². The lowest BCUT2D eigenvalue weighted by Gasteiger charge is -2.39. The second kappa shape index (κ2) is 6.17. The first-order valence-electron chi connectivity index (χ1n) is 7.31. The van der Waals surface area contributed by atoms with Gasteiger partial charge in [0.25, 0.3) is 0 Å². The molecule has 1 saturated heterocycles. The molecule has 0 spiro atoms. The lowest BCUT2D eigenvalue weighted by molar-refractivity contribution is 0.123. The molecule has 1 saturated carbocycles. The van der Waals surface area contributed by atoms with Gasteiger partial charge in [0.1, 0.15) is 0 Å². The van der Waals surface area contributed by atoms with Crippen molar-refractivity contribution in [1.29, 1.82) is 0 Å². The molecule has 1 aliphatic heterocycles. The van der Waals surface area contributed by atoms with Crippen LogP contribution in [0.5, 0.6) is 0 Å². The molecule has 100 valence electrons. The van der Waals surface area contributed by atoms with E-state index in [2.05, 4.69) is 4.90 Å². The second-order valence-corrected chi connectivity index (χ2v) is 6.17. The summed E-state index contributed by atoms with van der Waals surface area (Å²) in [4.78, 5) is 2.60. The van der Waals surface area contributed by atoms with E-state index in [1.54, 1.807) is 0 Å². The highest BCUT2D eigenvalue weighted by molar-refractivity contribution is 4.89. The summed E-state index contributed by atoms with van der Waals surface area (Å²) in [6.45, 7) is 4.80. The third-order valence-corrected chi connectivity index (χ3v) is 4.81. The number of hydrogen-bond acceptors (Lipinski definition) is 3. The van der Waals surface area contributed by atoms with E-state index in [9.17, 15) is 0 Å². The molecule has 3 heteroatoms. The van der Waals surface area contributed by atoms with Crippen LogP contribution in [0.3, 0.4) is 0 Å². The molecular formula is C14H28N2O. The van der Waals surface area contributed by atoms with Gasteiger partial charge in [-0.05, 0) is 50.1 Å². The van der Waals surface area contributed by atoms with Gasteiger partial charge in [-0.3, -0.25) is 0 Å². The molecule has 0 aromatic heterocycles. The Labute approximate surface area is 105 Å². The Kier molecular flexibility index (Phi) is 4.83. The second-order valence-electron chi connectivity index (χ2n) is 6.17. The lowest BCUT2D eigenvalue weighted by Crippen LogP contribution is -2.43. The minimum absolute atomic E-state index is 0.348. The van der Waals surface area contributed by atoms with Crippen LogP contribution < -0.4 is 5.73 Å². The standard InChI is InChI=1S/C14H28N2O/c15-11-14(6-2-1-3-7-14)12-16-8-4-13(10-16)5-9-17/h13,17H,1-12,15H2. The van der Waals surface area contributed by atoms with E-state index in [4.69, 9.17) is 10.8 Å². The Bertz CT molecular complexity index is 226. The van der Waals surface area contributed by atoms with Gasteiger partial charge in [-0.1, -0.05) is 19.3 Å². The molecule has 0 amide bonds. The van der Waals surface area contributed by atoms with Crippen LogP contribution in [-0.2, 0) is 0 Å². The molecule has 2 fully saturated rings. The first-order valence-corrected chi connectivity index (χ1v) is 7.31. The van der Waals surface area contributed by atoms with Gasteiger partial charge in [0.15, 0.2) is 0 Å². The summed E-state index contributed by atoms with van der Waals surface area (Å²) in [7, 11) is 0. The number of rotatable bonds is 5.